The standard InChI is InChI=1S/C27H30ClN3O4/c1-16(2)10-23(31-9-8-17(3)11-24(31)32)27(35)30-22(13-25(33)34)19-12-20(15-29-14-19)26-18(4)6-5-7-21(26)28/h5-9,11-12,14-16,22-23H,10,13H2,1-4H3,(H,30,35)(H,33,34)/t22-,23-/m0/s1. The molecular formula is C27H30ClN3O4. The van der Waals surface area contributed by atoms with E-state index in [0.717, 1.165) is 22.3 Å². The quantitative estimate of drug-likeness (QED) is 0.430. The van der Waals surface area contributed by atoms with Crippen LogP contribution >= 0.6 is 11.6 Å². The van der Waals surface area contributed by atoms with Crippen molar-refractivity contribution in [2.75, 3.05) is 0 Å². The Kier molecular flexibility index (Phi) is 8.46. The number of nitrogens with one attached hydrogen (secondary N) is 1. The summed E-state index contributed by atoms with van der Waals surface area (Å²) in [5.74, 6) is -1.36. The number of benzene rings is 1. The summed E-state index contributed by atoms with van der Waals surface area (Å²) >= 11 is 6.42. The monoisotopic (exact) mass is 495 g/mol. The zero-order chi connectivity index (χ0) is 25.7. The molecule has 8 heteroatoms. The summed E-state index contributed by atoms with van der Waals surface area (Å²) in [6.07, 6.45) is 4.89. The Morgan fingerprint density at radius 2 is 1.89 bits per heavy atom. The maximum Gasteiger partial charge on any atom is 0.305 e. The van der Waals surface area contributed by atoms with E-state index in [4.69, 9.17) is 11.6 Å². The number of aliphatic carboxylic acids is 1. The number of rotatable bonds is 9. The summed E-state index contributed by atoms with van der Waals surface area (Å²) < 4.78 is 1.40. The Balaban J connectivity index is 1.98. The molecule has 7 nitrogen and oxygen atoms in total. The number of nitrogens with zero attached hydrogens (tertiary/aromatic N) is 2. The molecular weight excluding hydrogens is 466 g/mol. The zero-order valence-electron chi connectivity index (χ0n) is 20.3. The van der Waals surface area contributed by atoms with Crippen molar-refractivity contribution >= 4 is 23.5 Å². The first-order chi connectivity index (χ1) is 16.6. The zero-order valence-corrected chi connectivity index (χ0v) is 21.0. The topological polar surface area (TPSA) is 101 Å². The molecule has 0 saturated carbocycles. The van der Waals surface area contributed by atoms with E-state index in [1.165, 1.54) is 10.6 Å². The number of carboxylic acid groups (broad SMARTS) is 1. The highest BCUT2D eigenvalue weighted by Crippen LogP contribution is 2.32. The summed E-state index contributed by atoms with van der Waals surface area (Å²) in [6.45, 7) is 7.67. The van der Waals surface area contributed by atoms with Crippen molar-refractivity contribution in [2.45, 2.75) is 52.6 Å². The van der Waals surface area contributed by atoms with Gasteiger partial charge in [-0.2, -0.15) is 0 Å². The molecule has 0 unspecified atom stereocenters. The minimum absolute atomic E-state index is 0.130. The Hall–Kier alpha value is -3.45. The van der Waals surface area contributed by atoms with Crippen LogP contribution in [0.1, 0.15) is 55.5 Å². The van der Waals surface area contributed by atoms with Crippen molar-refractivity contribution in [1.29, 1.82) is 0 Å². The Morgan fingerprint density at radius 3 is 2.51 bits per heavy atom. The first kappa shape index (κ1) is 26.2. The third-order valence-electron chi connectivity index (χ3n) is 5.80. The molecule has 0 aliphatic rings. The second kappa shape index (κ2) is 11.3. The van der Waals surface area contributed by atoms with Gasteiger partial charge in [-0.3, -0.25) is 19.4 Å². The fourth-order valence-corrected chi connectivity index (χ4v) is 4.45. The van der Waals surface area contributed by atoms with Gasteiger partial charge < -0.3 is 15.0 Å². The van der Waals surface area contributed by atoms with Gasteiger partial charge in [0.05, 0.1) is 12.5 Å². The number of carbonyl (C=O) groups is 2. The van der Waals surface area contributed by atoms with E-state index < -0.39 is 24.0 Å². The van der Waals surface area contributed by atoms with Crippen molar-refractivity contribution in [3.05, 3.63) is 87.1 Å². The van der Waals surface area contributed by atoms with Gasteiger partial charge >= 0.3 is 5.97 Å². The summed E-state index contributed by atoms with van der Waals surface area (Å²) in [4.78, 5) is 42.1. The minimum Gasteiger partial charge on any atom is -0.481 e. The maximum atomic E-state index is 13.4. The molecule has 3 aromatic rings. The molecule has 0 spiro atoms. The van der Waals surface area contributed by atoms with Crippen LogP contribution in [0, 0.1) is 19.8 Å². The van der Waals surface area contributed by atoms with E-state index >= 15 is 0 Å². The second-order valence-corrected chi connectivity index (χ2v) is 9.60. The van der Waals surface area contributed by atoms with Crippen molar-refractivity contribution in [1.82, 2.24) is 14.9 Å². The molecule has 1 aromatic carbocycles. The molecule has 2 atom stereocenters. The number of halogens is 1. The minimum atomic E-state index is -1.07. The fraction of sp³-hybridized carbons (Fsp3) is 0.333. The van der Waals surface area contributed by atoms with E-state index in [1.807, 2.05) is 39.8 Å². The van der Waals surface area contributed by atoms with Gasteiger partial charge in [0, 0.05) is 40.8 Å². The van der Waals surface area contributed by atoms with Crippen molar-refractivity contribution in [2.24, 2.45) is 5.92 Å². The van der Waals surface area contributed by atoms with Gasteiger partial charge in [0.25, 0.3) is 5.56 Å². The van der Waals surface area contributed by atoms with Crippen LogP contribution in [0.3, 0.4) is 0 Å². The number of carboxylic acids is 1. The van der Waals surface area contributed by atoms with Crippen LogP contribution in [0.5, 0.6) is 0 Å². The third kappa shape index (κ3) is 6.57. The van der Waals surface area contributed by atoms with Crippen LogP contribution in [0.2, 0.25) is 5.02 Å². The highest BCUT2D eigenvalue weighted by Gasteiger charge is 2.27. The van der Waals surface area contributed by atoms with E-state index in [0.29, 0.717) is 17.0 Å². The highest BCUT2D eigenvalue weighted by molar-refractivity contribution is 6.33. The van der Waals surface area contributed by atoms with Crippen LogP contribution in [0.25, 0.3) is 11.1 Å². The van der Waals surface area contributed by atoms with Gasteiger partial charge in [0.2, 0.25) is 5.91 Å². The number of hydrogen-bond acceptors (Lipinski definition) is 4. The summed E-state index contributed by atoms with van der Waals surface area (Å²) in [7, 11) is 0. The molecule has 0 saturated heterocycles. The lowest BCUT2D eigenvalue weighted by Crippen LogP contribution is -2.40. The molecule has 35 heavy (non-hydrogen) atoms. The molecule has 2 aromatic heterocycles. The largest absolute Gasteiger partial charge is 0.481 e. The van der Waals surface area contributed by atoms with Gasteiger partial charge in [-0.1, -0.05) is 37.6 Å². The molecule has 0 aliphatic carbocycles. The normalized spacial score (nSPS) is 12.9. The molecule has 2 N–H and O–H groups in total. The lowest BCUT2D eigenvalue weighted by Gasteiger charge is -2.25. The van der Waals surface area contributed by atoms with Gasteiger partial charge in [-0.15, -0.1) is 0 Å². The van der Waals surface area contributed by atoms with Gasteiger partial charge in [-0.25, -0.2) is 0 Å². The molecule has 2 heterocycles. The number of amides is 1. The van der Waals surface area contributed by atoms with Gasteiger partial charge in [0.15, 0.2) is 0 Å². The van der Waals surface area contributed by atoms with Crippen LogP contribution < -0.4 is 10.9 Å². The Bertz CT molecular complexity index is 1270. The molecule has 184 valence electrons. The number of pyridine rings is 2. The number of aromatic nitrogens is 2. The van der Waals surface area contributed by atoms with E-state index in [1.54, 1.807) is 36.8 Å². The Morgan fingerprint density at radius 1 is 1.14 bits per heavy atom. The lowest BCUT2D eigenvalue weighted by molar-refractivity contribution is -0.138. The third-order valence-corrected chi connectivity index (χ3v) is 6.12. The predicted octanol–water partition coefficient (Wildman–Crippen LogP) is 5.10. The Labute approximate surface area is 209 Å². The van der Waals surface area contributed by atoms with Gasteiger partial charge in [0.1, 0.15) is 6.04 Å². The molecule has 0 fully saturated rings. The second-order valence-electron chi connectivity index (χ2n) is 9.19. The molecule has 1 amide bonds. The smallest absolute Gasteiger partial charge is 0.305 e. The van der Waals surface area contributed by atoms with Crippen LogP contribution in [-0.4, -0.2) is 26.5 Å². The number of hydrogen-bond donors (Lipinski definition) is 2. The summed E-state index contributed by atoms with van der Waals surface area (Å²) in [5, 5.41) is 13.0. The van der Waals surface area contributed by atoms with E-state index in [9.17, 15) is 19.5 Å². The van der Waals surface area contributed by atoms with E-state index in [-0.39, 0.29) is 17.9 Å². The van der Waals surface area contributed by atoms with E-state index in [2.05, 4.69) is 10.3 Å². The summed E-state index contributed by atoms with van der Waals surface area (Å²) in [6, 6.07) is 9.00. The first-order valence-electron chi connectivity index (χ1n) is 11.5. The first-order valence-corrected chi connectivity index (χ1v) is 11.9. The number of carbonyl (C=O) groups excluding carboxylic acids is 1. The molecule has 0 bridgehead atoms. The molecule has 0 radical (unpaired) electrons. The SMILES string of the molecule is Cc1ccn([C@@H](CC(C)C)C(=O)N[C@@H](CC(=O)O)c2cncc(-c3c(C)cccc3Cl)c2)c(=O)c1. The van der Waals surface area contributed by atoms with Crippen molar-refractivity contribution in [3.8, 4) is 11.1 Å². The number of aryl methyl sites for hydroxylation is 2. The molecule has 0 aliphatic heterocycles. The average Bonchev–Trinajstić information content (AvgIpc) is 2.77. The maximum absolute atomic E-state index is 13.4. The lowest BCUT2D eigenvalue weighted by atomic mass is 9.97. The summed E-state index contributed by atoms with van der Waals surface area (Å²) in [5.41, 5.74) is 3.54. The van der Waals surface area contributed by atoms with Gasteiger partial charge in [-0.05, 0) is 61.1 Å². The van der Waals surface area contributed by atoms with Crippen molar-refractivity contribution in [3.63, 3.8) is 0 Å². The van der Waals surface area contributed by atoms with Crippen LogP contribution in [-0.2, 0) is 9.59 Å². The fourth-order valence-electron chi connectivity index (χ4n) is 4.12. The highest BCUT2D eigenvalue weighted by atomic mass is 35.5. The van der Waals surface area contributed by atoms with Crippen LogP contribution in [0.15, 0.2) is 59.8 Å². The predicted molar refractivity (Wildman–Crippen MR) is 136 cm³/mol. The van der Waals surface area contributed by atoms with Crippen LogP contribution in [0.4, 0.5) is 0 Å². The van der Waals surface area contributed by atoms with Crippen molar-refractivity contribution < 1.29 is 14.7 Å². The average molecular weight is 496 g/mol. The molecule has 3 rings (SSSR count).